The molecule has 0 amide bonds. The molecule has 1 aromatic carbocycles. The van der Waals surface area contributed by atoms with E-state index in [4.69, 9.17) is 9.26 Å². The van der Waals surface area contributed by atoms with Gasteiger partial charge < -0.3 is 19.5 Å². The zero-order chi connectivity index (χ0) is 14.0. The van der Waals surface area contributed by atoms with E-state index in [1.54, 1.807) is 7.11 Å². The van der Waals surface area contributed by atoms with Gasteiger partial charge >= 0.3 is 0 Å². The Balaban J connectivity index is 2.44. The molecule has 0 radical (unpaired) electrons. The van der Waals surface area contributed by atoms with E-state index in [-0.39, 0.29) is 23.0 Å². The molecular weight excluding hydrogens is 248 g/mol. The molecule has 6 heteroatoms. The van der Waals surface area contributed by atoms with Crippen LogP contribution in [0.4, 0.5) is 0 Å². The average molecular weight is 264 g/mol. The predicted molar refractivity (Wildman–Crippen MR) is 67.7 cm³/mol. The van der Waals surface area contributed by atoms with Gasteiger partial charge in [0.25, 0.3) is 5.89 Å². The Hall–Kier alpha value is -2.08. The minimum Gasteiger partial charge on any atom is -0.508 e. The molecule has 2 aromatic rings. The van der Waals surface area contributed by atoms with Gasteiger partial charge in [0.2, 0.25) is 5.82 Å². The van der Waals surface area contributed by atoms with Crippen molar-refractivity contribution < 1.29 is 19.5 Å². The number of aromatic nitrogens is 2. The first-order chi connectivity index (χ1) is 9.00. The van der Waals surface area contributed by atoms with Crippen molar-refractivity contribution in [3.8, 4) is 23.0 Å². The fourth-order valence-corrected chi connectivity index (χ4v) is 1.64. The molecule has 0 saturated carbocycles. The maximum absolute atomic E-state index is 9.74. The Morgan fingerprint density at radius 3 is 2.74 bits per heavy atom. The highest BCUT2D eigenvalue weighted by atomic mass is 16.5. The molecule has 0 fully saturated rings. The van der Waals surface area contributed by atoms with Crippen molar-refractivity contribution >= 4 is 0 Å². The number of methoxy groups -OCH3 is 1. The average Bonchev–Trinajstić information content (AvgIpc) is 2.90. The van der Waals surface area contributed by atoms with Crippen molar-refractivity contribution in [3.63, 3.8) is 0 Å². The summed E-state index contributed by atoms with van der Waals surface area (Å²) in [5.41, 5.74) is -0.359. The number of ether oxygens (including phenoxy) is 1. The van der Waals surface area contributed by atoms with Gasteiger partial charge in [-0.1, -0.05) is 12.1 Å². The Bertz CT molecular complexity index is 576. The molecular formula is C13H16N2O4. The Morgan fingerprint density at radius 1 is 1.37 bits per heavy atom. The predicted octanol–water partition coefficient (Wildman–Crippen LogP) is 2.42. The van der Waals surface area contributed by atoms with Crippen LogP contribution in [-0.2, 0) is 10.3 Å². The minimum atomic E-state index is -0.645. The van der Waals surface area contributed by atoms with E-state index in [0.29, 0.717) is 12.2 Å². The molecule has 1 atom stereocenters. The van der Waals surface area contributed by atoms with Crippen LogP contribution in [0.25, 0.3) is 11.5 Å². The topological polar surface area (TPSA) is 88.6 Å². The summed E-state index contributed by atoms with van der Waals surface area (Å²) >= 11 is 0. The number of hydrogen-bond donors (Lipinski definition) is 2. The molecule has 0 saturated heterocycles. The van der Waals surface area contributed by atoms with Crippen LogP contribution in [0.2, 0.25) is 0 Å². The molecule has 1 unspecified atom stereocenters. The number of nitrogens with zero attached hydrogens (tertiary/aromatic N) is 2. The summed E-state index contributed by atoms with van der Waals surface area (Å²) in [5, 5.41) is 23.1. The van der Waals surface area contributed by atoms with Crippen LogP contribution in [0.3, 0.4) is 0 Å². The third-order valence-electron chi connectivity index (χ3n) is 3.23. The van der Waals surface area contributed by atoms with Crippen LogP contribution in [0, 0.1) is 0 Å². The molecule has 0 bridgehead atoms. The lowest BCUT2D eigenvalue weighted by Crippen LogP contribution is -2.24. The molecule has 2 rings (SSSR count). The lowest BCUT2D eigenvalue weighted by atomic mass is 10.0. The van der Waals surface area contributed by atoms with E-state index >= 15 is 0 Å². The van der Waals surface area contributed by atoms with E-state index in [1.807, 2.05) is 13.8 Å². The molecule has 19 heavy (non-hydrogen) atoms. The molecule has 0 spiro atoms. The van der Waals surface area contributed by atoms with Gasteiger partial charge in [-0.15, -0.1) is 0 Å². The second-order valence-electron chi connectivity index (χ2n) is 4.41. The Labute approximate surface area is 110 Å². The van der Waals surface area contributed by atoms with Crippen molar-refractivity contribution in [2.75, 3.05) is 7.11 Å². The van der Waals surface area contributed by atoms with E-state index < -0.39 is 5.60 Å². The summed E-state index contributed by atoms with van der Waals surface area (Å²) < 4.78 is 10.5. The first kappa shape index (κ1) is 13.4. The van der Waals surface area contributed by atoms with Crippen molar-refractivity contribution in [1.29, 1.82) is 0 Å². The van der Waals surface area contributed by atoms with Crippen LogP contribution in [0.15, 0.2) is 22.7 Å². The van der Waals surface area contributed by atoms with Gasteiger partial charge in [-0.2, -0.15) is 4.98 Å². The second kappa shape index (κ2) is 4.89. The fraction of sp³-hybridized carbons (Fsp3) is 0.385. The first-order valence-electron chi connectivity index (χ1n) is 5.92. The van der Waals surface area contributed by atoms with Crippen LogP contribution < -0.4 is 0 Å². The van der Waals surface area contributed by atoms with Gasteiger partial charge in [-0.05, 0) is 31.5 Å². The number of rotatable bonds is 4. The number of phenols is 2. The zero-order valence-corrected chi connectivity index (χ0v) is 11.0. The summed E-state index contributed by atoms with van der Waals surface area (Å²) in [7, 11) is 1.57. The van der Waals surface area contributed by atoms with Crippen LogP contribution in [-0.4, -0.2) is 27.5 Å². The summed E-state index contributed by atoms with van der Waals surface area (Å²) in [6, 6.07) is 4.11. The van der Waals surface area contributed by atoms with Crippen LogP contribution in [0.1, 0.15) is 26.1 Å². The van der Waals surface area contributed by atoms with E-state index in [9.17, 15) is 10.2 Å². The van der Waals surface area contributed by atoms with Gasteiger partial charge in [0.1, 0.15) is 17.1 Å². The summed E-state index contributed by atoms with van der Waals surface area (Å²) in [6.45, 7) is 3.80. The van der Waals surface area contributed by atoms with Gasteiger partial charge in [0, 0.05) is 7.11 Å². The maximum atomic E-state index is 9.74. The van der Waals surface area contributed by atoms with Gasteiger partial charge in [0.05, 0.1) is 5.56 Å². The third kappa shape index (κ3) is 2.39. The lowest BCUT2D eigenvalue weighted by molar-refractivity contribution is -0.0106. The Morgan fingerprint density at radius 2 is 2.11 bits per heavy atom. The highest BCUT2D eigenvalue weighted by molar-refractivity contribution is 5.64. The maximum Gasteiger partial charge on any atom is 0.261 e. The highest BCUT2D eigenvalue weighted by Gasteiger charge is 2.30. The van der Waals surface area contributed by atoms with E-state index in [2.05, 4.69) is 10.1 Å². The highest BCUT2D eigenvalue weighted by Crippen LogP contribution is 2.33. The molecule has 1 aromatic heterocycles. The molecule has 2 N–H and O–H groups in total. The van der Waals surface area contributed by atoms with Gasteiger partial charge in [0.15, 0.2) is 0 Å². The molecule has 0 aliphatic heterocycles. The summed E-state index contributed by atoms with van der Waals surface area (Å²) in [5.74, 6) is 0.511. The molecule has 102 valence electrons. The largest absolute Gasteiger partial charge is 0.508 e. The number of aromatic hydroxyl groups is 2. The molecule has 6 nitrogen and oxygen atoms in total. The number of benzene rings is 1. The normalized spacial score (nSPS) is 14.3. The second-order valence-corrected chi connectivity index (χ2v) is 4.41. The standard InChI is InChI=1S/C13H16N2O4/c1-4-13(2,18-3)12-14-11(19-15-12)9-7-8(16)5-6-10(9)17/h5-7,16-17H,4H2,1-3H3. The van der Waals surface area contributed by atoms with E-state index in [0.717, 1.165) is 0 Å². The SMILES string of the molecule is CCC(C)(OC)c1noc(-c2cc(O)ccc2O)n1. The van der Waals surface area contributed by atoms with Gasteiger partial charge in [-0.25, -0.2) is 0 Å². The lowest BCUT2D eigenvalue weighted by Gasteiger charge is -2.21. The quantitative estimate of drug-likeness (QED) is 0.824. The van der Waals surface area contributed by atoms with Crippen LogP contribution in [0.5, 0.6) is 11.5 Å². The van der Waals surface area contributed by atoms with Crippen molar-refractivity contribution in [1.82, 2.24) is 10.1 Å². The minimum absolute atomic E-state index is 0.0116. The third-order valence-corrected chi connectivity index (χ3v) is 3.23. The Kier molecular flexibility index (Phi) is 3.44. The zero-order valence-electron chi connectivity index (χ0n) is 11.0. The summed E-state index contributed by atoms with van der Waals surface area (Å²) in [4.78, 5) is 4.22. The molecule has 1 heterocycles. The van der Waals surface area contributed by atoms with Crippen molar-refractivity contribution in [2.24, 2.45) is 0 Å². The smallest absolute Gasteiger partial charge is 0.261 e. The fourth-order valence-electron chi connectivity index (χ4n) is 1.64. The van der Waals surface area contributed by atoms with E-state index in [1.165, 1.54) is 18.2 Å². The molecule has 0 aliphatic rings. The first-order valence-corrected chi connectivity index (χ1v) is 5.92. The van der Waals surface area contributed by atoms with Gasteiger partial charge in [-0.3, -0.25) is 0 Å². The molecule has 0 aliphatic carbocycles. The summed E-state index contributed by atoms with van der Waals surface area (Å²) in [6.07, 6.45) is 0.675. The van der Waals surface area contributed by atoms with Crippen molar-refractivity contribution in [2.45, 2.75) is 25.9 Å². The monoisotopic (exact) mass is 264 g/mol. The number of phenolic OH excluding ortho intramolecular Hbond substituents is 2. The van der Waals surface area contributed by atoms with Crippen LogP contribution >= 0.6 is 0 Å². The number of hydrogen-bond acceptors (Lipinski definition) is 6. The van der Waals surface area contributed by atoms with Crippen molar-refractivity contribution in [3.05, 3.63) is 24.0 Å².